The van der Waals surface area contributed by atoms with Gasteiger partial charge in [0.1, 0.15) is 0 Å². The predicted molar refractivity (Wildman–Crippen MR) is 106 cm³/mol. The minimum absolute atomic E-state index is 0.549. The van der Waals surface area contributed by atoms with Gasteiger partial charge in [-0.25, -0.2) is 0 Å². The van der Waals surface area contributed by atoms with Crippen LogP contribution in [0.25, 0.3) is 0 Å². The summed E-state index contributed by atoms with van der Waals surface area (Å²) >= 11 is 0. The third-order valence-corrected chi connectivity index (χ3v) is 4.76. The second kappa shape index (κ2) is 16.4. The molecule has 0 aromatic carbocycles. The van der Waals surface area contributed by atoms with Crippen LogP contribution in [0.3, 0.4) is 0 Å². The molecule has 0 saturated carbocycles. The Morgan fingerprint density at radius 1 is 0.609 bits per heavy atom. The fourth-order valence-corrected chi connectivity index (χ4v) is 3.14. The van der Waals surface area contributed by atoms with Gasteiger partial charge in [-0.2, -0.15) is 0 Å². The molecule has 0 N–H and O–H groups in total. The van der Waals surface area contributed by atoms with Gasteiger partial charge in [-0.15, -0.1) is 11.8 Å². The van der Waals surface area contributed by atoms with E-state index in [1.54, 1.807) is 0 Å². The van der Waals surface area contributed by atoms with Gasteiger partial charge in [0.05, 0.1) is 0 Å². The summed E-state index contributed by atoms with van der Waals surface area (Å²) in [7, 11) is 0. The lowest BCUT2D eigenvalue weighted by Crippen LogP contribution is -2.11. The second-order valence-electron chi connectivity index (χ2n) is 7.76. The Morgan fingerprint density at radius 2 is 1.09 bits per heavy atom. The fourth-order valence-electron chi connectivity index (χ4n) is 3.14. The van der Waals surface area contributed by atoms with Crippen molar-refractivity contribution in [3.63, 3.8) is 0 Å². The maximum absolute atomic E-state index is 3.91. The van der Waals surface area contributed by atoms with Crippen molar-refractivity contribution in [3.05, 3.63) is 13.8 Å². The van der Waals surface area contributed by atoms with Gasteiger partial charge in [-0.1, -0.05) is 91.4 Å². The Bertz CT molecular complexity index is 289. The van der Waals surface area contributed by atoms with E-state index in [1.165, 1.54) is 83.5 Å². The molecule has 23 heavy (non-hydrogen) atoms. The molecule has 2 radical (unpaired) electrons. The minimum atomic E-state index is 0.549. The molecule has 0 saturated heterocycles. The molecule has 0 aromatic heterocycles. The van der Waals surface area contributed by atoms with Gasteiger partial charge < -0.3 is 0 Å². The molecule has 0 aliphatic heterocycles. The molecule has 0 rings (SSSR count). The van der Waals surface area contributed by atoms with E-state index < -0.39 is 0 Å². The van der Waals surface area contributed by atoms with Gasteiger partial charge in [0.15, 0.2) is 0 Å². The first-order valence-corrected chi connectivity index (χ1v) is 10.2. The van der Waals surface area contributed by atoms with E-state index in [0.717, 1.165) is 19.3 Å². The first-order chi connectivity index (χ1) is 11.1. The summed E-state index contributed by atoms with van der Waals surface area (Å²) in [4.78, 5) is 0. The van der Waals surface area contributed by atoms with Gasteiger partial charge in [0, 0.05) is 12.8 Å². The molecule has 0 aliphatic rings. The van der Waals surface area contributed by atoms with Crippen LogP contribution >= 0.6 is 0 Å². The molecule has 0 atom stereocenters. The first kappa shape index (κ1) is 22.6. The first-order valence-electron chi connectivity index (χ1n) is 10.2. The zero-order valence-corrected chi connectivity index (χ0v) is 16.2. The largest absolute Gasteiger partial charge is 0.103 e. The van der Waals surface area contributed by atoms with E-state index in [1.807, 2.05) is 0 Å². The topological polar surface area (TPSA) is 0 Å². The Labute approximate surface area is 148 Å². The lowest BCUT2D eigenvalue weighted by atomic mass is 9.82. The van der Waals surface area contributed by atoms with Gasteiger partial charge in [0.25, 0.3) is 0 Å². The molecule has 0 heterocycles. The van der Waals surface area contributed by atoms with Crippen molar-refractivity contribution in [2.45, 2.75) is 117 Å². The molecular formula is C23H42. The Morgan fingerprint density at radius 3 is 1.61 bits per heavy atom. The van der Waals surface area contributed by atoms with Gasteiger partial charge in [-0.3, -0.25) is 0 Å². The minimum Gasteiger partial charge on any atom is -0.103 e. The third-order valence-electron chi connectivity index (χ3n) is 4.76. The summed E-state index contributed by atoms with van der Waals surface area (Å²) in [6, 6.07) is 0. The maximum atomic E-state index is 3.91. The van der Waals surface area contributed by atoms with Crippen molar-refractivity contribution >= 4 is 0 Å². The van der Waals surface area contributed by atoms with Crippen molar-refractivity contribution in [3.8, 4) is 11.8 Å². The molecule has 0 aromatic rings. The third kappa shape index (κ3) is 17.7. The molecule has 0 amide bonds. The Kier molecular flexibility index (Phi) is 16.1. The van der Waals surface area contributed by atoms with E-state index in [2.05, 4.69) is 39.5 Å². The molecule has 0 unspecified atom stereocenters. The van der Waals surface area contributed by atoms with Crippen molar-refractivity contribution in [2.24, 2.45) is 5.41 Å². The van der Waals surface area contributed by atoms with Gasteiger partial charge >= 0.3 is 0 Å². The zero-order valence-electron chi connectivity index (χ0n) is 16.2. The number of rotatable bonds is 15. The van der Waals surface area contributed by atoms with E-state index >= 15 is 0 Å². The van der Waals surface area contributed by atoms with E-state index in [4.69, 9.17) is 0 Å². The molecule has 0 heteroatoms. The Balaban J connectivity index is 3.39. The lowest BCUT2D eigenvalue weighted by molar-refractivity contribution is 0.282. The quantitative estimate of drug-likeness (QED) is 0.212. The second-order valence-corrected chi connectivity index (χ2v) is 7.76. The van der Waals surface area contributed by atoms with Gasteiger partial charge in [-0.05, 0) is 31.6 Å². The molecule has 134 valence electrons. The average molecular weight is 319 g/mol. The number of unbranched alkanes of at least 4 members (excludes halogenated alkanes) is 11. The molecule has 0 bridgehead atoms. The van der Waals surface area contributed by atoms with Crippen LogP contribution in [0.2, 0.25) is 0 Å². The predicted octanol–water partition coefficient (Wildman–Crippen LogP) is 7.93. The average Bonchev–Trinajstić information content (AvgIpc) is 2.52. The summed E-state index contributed by atoms with van der Waals surface area (Å²) in [6.45, 7) is 12.6. The highest BCUT2D eigenvalue weighted by atomic mass is 14.2. The zero-order chi connectivity index (χ0) is 17.2. The normalized spacial score (nSPS) is 11.3. The van der Waals surface area contributed by atoms with E-state index in [-0.39, 0.29) is 0 Å². The van der Waals surface area contributed by atoms with Crippen molar-refractivity contribution in [1.29, 1.82) is 0 Å². The SMILES string of the molecule is [CH2]CC#CCCCCCCCC(C)(C)CCCCCCCC[CH2]. The summed E-state index contributed by atoms with van der Waals surface area (Å²) < 4.78 is 0. The summed E-state index contributed by atoms with van der Waals surface area (Å²) in [5, 5.41) is 0. The van der Waals surface area contributed by atoms with Crippen LogP contribution in [0.15, 0.2) is 0 Å². The van der Waals surface area contributed by atoms with Crippen molar-refractivity contribution in [1.82, 2.24) is 0 Å². The molecular weight excluding hydrogens is 276 g/mol. The summed E-state index contributed by atoms with van der Waals surface area (Å²) in [6.07, 6.45) is 20.9. The van der Waals surface area contributed by atoms with Crippen LogP contribution in [0.5, 0.6) is 0 Å². The maximum Gasteiger partial charge on any atom is 0.00890 e. The van der Waals surface area contributed by atoms with Crippen LogP contribution in [0.1, 0.15) is 117 Å². The Hall–Kier alpha value is -0.440. The van der Waals surface area contributed by atoms with Crippen LogP contribution in [0, 0.1) is 31.1 Å². The number of hydrogen-bond donors (Lipinski definition) is 0. The lowest BCUT2D eigenvalue weighted by Gasteiger charge is -2.24. The van der Waals surface area contributed by atoms with Crippen molar-refractivity contribution < 1.29 is 0 Å². The van der Waals surface area contributed by atoms with E-state index in [0.29, 0.717) is 5.41 Å². The van der Waals surface area contributed by atoms with Crippen LogP contribution < -0.4 is 0 Å². The summed E-state index contributed by atoms with van der Waals surface area (Å²) in [5.74, 6) is 6.22. The van der Waals surface area contributed by atoms with E-state index in [9.17, 15) is 0 Å². The highest BCUT2D eigenvalue weighted by molar-refractivity contribution is 4.98. The summed E-state index contributed by atoms with van der Waals surface area (Å²) in [5.41, 5.74) is 0.549. The fraction of sp³-hybridized carbons (Fsp3) is 0.826. The molecule has 0 spiro atoms. The highest BCUT2D eigenvalue weighted by Gasteiger charge is 2.16. The smallest absolute Gasteiger partial charge is 0.00890 e. The van der Waals surface area contributed by atoms with Crippen LogP contribution in [-0.2, 0) is 0 Å². The van der Waals surface area contributed by atoms with Crippen LogP contribution in [-0.4, -0.2) is 0 Å². The number of hydrogen-bond acceptors (Lipinski definition) is 0. The molecule has 0 nitrogen and oxygen atoms in total. The highest BCUT2D eigenvalue weighted by Crippen LogP contribution is 2.30. The standard InChI is InChI=1S/C23H42/c1-5-7-9-11-13-14-16-18-20-22-23(3,4)21-19-17-15-12-10-8-6-2/h1-2,5-6,8,10-22H2,3-4H3. The van der Waals surface area contributed by atoms with Crippen molar-refractivity contribution in [2.75, 3.05) is 0 Å². The van der Waals surface area contributed by atoms with Gasteiger partial charge in [0.2, 0.25) is 0 Å². The van der Waals surface area contributed by atoms with Crippen LogP contribution in [0.4, 0.5) is 0 Å². The monoisotopic (exact) mass is 318 g/mol. The molecule has 0 fully saturated rings. The molecule has 0 aliphatic carbocycles.